The summed E-state index contributed by atoms with van der Waals surface area (Å²) >= 11 is 0. The van der Waals surface area contributed by atoms with E-state index in [0.29, 0.717) is 11.3 Å². The number of Topliss-reactive ketones (excluding diaryl/α,β-unsaturated/α-hetero) is 1. The molecule has 2 heterocycles. The Morgan fingerprint density at radius 1 is 1.21 bits per heavy atom. The predicted molar refractivity (Wildman–Crippen MR) is 92.3 cm³/mol. The summed E-state index contributed by atoms with van der Waals surface area (Å²) in [6.45, 7) is 2.04. The van der Waals surface area contributed by atoms with Crippen LogP contribution in [0.25, 0.3) is 10.9 Å². The lowest BCUT2D eigenvalue weighted by Crippen LogP contribution is -2.14. The van der Waals surface area contributed by atoms with Crippen LogP contribution < -0.4 is 9.47 Å². The SMILES string of the molecule is CC(N=Cc1ccc2c(c1)OCO2)C(=O)c1c[nH]c2ccccc12. The van der Waals surface area contributed by atoms with E-state index in [-0.39, 0.29) is 12.6 Å². The molecule has 1 unspecified atom stereocenters. The highest BCUT2D eigenvalue weighted by Crippen LogP contribution is 2.32. The minimum absolute atomic E-state index is 0.00977. The molecule has 0 amide bonds. The summed E-state index contributed by atoms with van der Waals surface area (Å²) in [6, 6.07) is 12.9. The van der Waals surface area contributed by atoms with Gasteiger partial charge in [-0.3, -0.25) is 9.79 Å². The maximum Gasteiger partial charge on any atom is 0.231 e. The van der Waals surface area contributed by atoms with Crippen LogP contribution in [0.2, 0.25) is 0 Å². The predicted octanol–water partition coefficient (Wildman–Crippen LogP) is 3.59. The molecule has 1 aliphatic heterocycles. The zero-order valence-corrected chi connectivity index (χ0v) is 13.2. The number of benzene rings is 2. The summed E-state index contributed by atoms with van der Waals surface area (Å²) in [5, 5.41) is 0.924. The molecule has 0 saturated heterocycles. The Hall–Kier alpha value is -3.08. The number of aliphatic imine (C=N–C) groups is 1. The number of H-pyrrole nitrogens is 1. The molecule has 5 nitrogen and oxygen atoms in total. The largest absolute Gasteiger partial charge is 0.454 e. The molecule has 0 radical (unpaired) electrons. The van der Waals surface area contributed by atoms with E-state index < -0.39 is 6.04 Å². The van der Waals surface area contributed by atoms with Gasteiger partial charge in [0.2, 0.25) is 6.79 Å². The standard InChI is InChI=1S/C19H16N2O3/c1-12(19(22)15-10-21-16-5-3-2-4-14(15)16)20-9-13-6-7-17-18(8-13)24-11-23-17/h2-10,12,21H,11H2,1H3. The van der Waals surface area contributed by atoms with Crippen LogP contribution in [0.1, 0.15) is 22.8 Å². The van der Waals surface area contributed by atoms with Gasteiger partial charge in [0.1, 0.15) is 6.04 Å². The maximum absolute atomic E-state index is 12.6. The van der Waals surface area contributed by atoms with E-state index in [2.05, 4.69) is 9.98 Å². The number of nitrogens with zero attached hydrogens (tertiary/aromatic N) is 1. The Kier molecular flexibility index (Phi) is 3.54. The molecular formula is C19H16N2O3. The molecule has 1 aromatic heterocycles. The third-order valence-electron chi connectivity index (χ3n) is 4.08. The number of aromatic amines is 1. The van der Waals surface area contributed by atoms with Gasteiger partial charge < -0.3 is 14.5 Å². The molecule has 5 heteroatoms. The molecule has 0 aliphatic carbocycles. The first kappa shape index (κ1) is 14.5. The van der Waals surface area contributed by atoms with E-state index in [9.17, 15) is 4.79 Å². The average molecular weight is 320 g/mol. The number of hydrogen-bond donors (Lipinski definition) is 1. The second kappa shape index (κ2) is 5.85. The zero-order chi connectivity index (χ0) is 16.5. The van der Waals surface area contributed by atoms with Crippen LogP contribution in [0.5, 0.6) is 11.5 Å². The third-order valence-corrected chi connectivity index (χ3v) is 4.08. The van der Waals surface area contributed by atoms with E-state index in [0.717, 1.165) is 22.2 Å². The van der Waals surface area contributed by atoms with Crippen LogP contribution in [-0.4, -0.2) is 29.8 Å². The Morgan fingerprint density at radius 2 is 2.04 bits per heavy atom. The highest BCUT2D eigenvalue weighted by molar-refractivity contribution is 6.10. The van der Waals surface area contributed by atoms with Crippen molar-refractivity contribution in [1.82, 2.24) is 4.98 Å². The molecule has 1 atom stereocenters. The average Bonchev–Trinajstić information content (AvgIpc) is 3.25. The second-order valence-electron chi connectivity index (χ2n) is 5.68. The van der Waals surface area contributed by atoms with Gasteiger partial charge in [-0.2, -0.15) is 0 Å². The Labute approximate surface area is 138 Å². The van der Waals surface area contributed by atoms with Gasteiger partial charge in [0.25, 0.3) is 0 Å². The number of nitrogens with one attached hydrogen (secondary N) is 1. The molecule has 0 fully saturated rings. The van der Waals surface area contributed by atoms with Crippen molar-refractivity contribution in [2.24, 2.45) is 4.99 Å². The van der Waals surface area contributed by atoms with E-state index in [1.807, 2.05) is 42.5 Å². The Balaban J connectivity index is 1.55. The minimum Gasteiger partial charge on any atom is -0.454 e. The lowest BCUT2D eigenvalue weighted by molar-refractivity contribution is 0.0971. The summed E-state index contributed by atoms with van der Waals surface area (Å²) in [7, 11) is 0. The Bertz CT molecular complexity index is 943. The first-order valence-corrected chi connectivity index (χ1v) is 7.75. The lowest BCUT2D eigenvalue weighted by Gasteiger charge is -2.04. The Morgan fingerprint density at radius 3 is 2.96 bits per heavy atom. The van der Waals surface area contributed by atoms with E-state index in [4.69, 9.17) is 9.47 Å². The van der Waals surface area contributed by atoms with E-state index >= 15 is 0 Å². The van der Waals surface area contributed by atoms with E-state index in [1.165, 1.54) is 0 Å². The molecule has 2 aromatic carbocycles. The van der Waals surface area contributed by atoms with Crippen molar-refractivity contribution in [3.8, 4) is 11.5 Å². The number of ether oxygens (including phenoxy) is 2. The van der Waals surface area contributed by atoms with Gasteiger partial charge in [-0.05, 0) is 36.8 Å². The molecule has 3 aromatic rings. The van der Waals surface area contributed by atoms with Crippen molar-refractivity contribution < 1.29 is 14.3 Å². The fraction of sp³-hybridized carbons (Fsp3) is 0.158. The van der Waals surface area contributed by atoms with Gasteiger partial charge in [-0.15, -0.1) is 0 Å². The minimum atomic E-state index is -0.463. The fourth-order valence-electron chi connectivity index (χ4n) is 2.76. The molecular weight excluding hydrogens is 304 g/mol. The van der Waals surface area contributed by atoms with Crippen LogP contribution >= 0.6 is 0 Å². The van der Waals surface area contributed by atoms with Crippen molar-refractivity contribution in [3.05, 3.63) is 59.8 Å². The van der Waals surface area contributed by atoms with Crippen LogP contribution in [0.15, 0.2) is 53.7 Å². The van der Waals surface area contributed by atoms with Crippen molar-refractivity contribution in [2.75, 3.05) is 6.79 Å². The van der Waals surface area contributed by atoms with Gasteiger partial charge in [0.15, 0.2) is 17.3 Å². The van der Waals surface area contributed by atoms with Gasteiger partial charge in [0, 0.05) is 28.9 Å². The summed E-state index contributed by atoms with van der Waals surface area (Å²) < 4.78 is 10.6. The van der Waals surface area contributed by atoms with Crippen molar-refractivity contribution in [3.63, 3.8) is 0 Å². The number of hydrogen-bond acceptors (Lipinski definition) is 4. The number of para-hydroxylation sites is 1. The van der Waals surface area contributed by atoms with Gasteiger partial charge >= 0.3 is 0 Å². The van der Waals surface area contributed by atoms with Crippen LogP contribution in [-0.2, 0) is 0 Å². The van der Waals surface area contributed by atoms with Gasteiger partial charge in [-0.25, -0.2) is 0 Å². The normalized spacial score (nSPS) is 14.4. The number of fused-ring (bicyclic) bond motifs is 2. The maximum atomic E-state index is 12.6. The first-order chi connectivity index (χ1) is 11.7. The van der Waals surface area contributed by atoms with Crippen LogP contribution in [0.3, 0.4) is 0 Å². The number of aromatic nitrogens is 1. The molecule has 24 heavy (non-hydrogen) atoms. The smallest absolute Gasteiger partial charge is 0.231 e. The third kappa shape index (κ3) is 2.54. The molecule has 0 saturated carbocycles. The summed E-state index contributed by atoms with van der Waals surface area (Å²) in [5.74, 6) is 1.43. The number of ketones is 1. The van der Waals surface area contributed by atoms with Crippen LogP contribution in [0, 0.1) is 0 Å². The quantitative estimate of drug-likeness (QED) is 0.590. The molecule has 120 valence electrons. The fourth-order valence-corrected chi connectivity index (χ4v) is 2.76. The summed E-state index contributed by atoms with van der Waals surface area (Å²) in [4.78, 5) is 20.2. The molecule has 1 aliphatic rings. The van der Waals surface area contributed by atoms with Crippen molar-refractivity contribution in [1.29, 1.82) is 0 Å². The molecule has 1 N–H and O–H groups in total. The van der Waals surface area contributed by atoms with Crippen LogP contribution in [0.4, 0.5) is 0 Å². The number of carbonyl (C=O) groups is 1. The second-order valence-corrected chi connectivity index (χ2v) is 5.68. The zero-order valence-electron chi connectivity index (χ0n) is 13.2. The van der Waals surface area contributed by atoms with E-state index in [1.54, 1.807) is 19.3 Å². The first-order valence-electron chi connectivity index (χ1n) is 7.75. The summed E-state index contributed by atoms with van der Waals surface area (Å²) in [6.07, 6.45) is 3.44. The molecule has 0 spiro atoms. The highest BCUT2D eigenvalue weighted by atomic mass is 16.7. The lowest BCUT2D eigenvalue weighted by atomic mass is 10.0. The monoisotopic (exact) mass is 320 g/mol. The number of carbonyl (C=O) groups excluding carboxylic acids is 1. The molecule has 4 rings (SSSR count). The van der Waals surface area contributed by atoms with Crippen molar-refractivity contribution >= 4 is 22.9 Å². The summed E-state index contributed by atoms with van der Waals surface area (Å²) in [5.41, 5.74) is 2.49. The van der Waals surface area contributed by atoms with Crippen molar-refractivity contribution in [2.45, 2.75) is 13.0 Å². The van der Waals surface area contributed by atoms with Gasteiger partial charge in [-0.1, -0.05) is 18.2 Å². The number of rotatable bonds is 4. The topological polar surface area (TPSA) is 63.7 Å². The molecule has 0 bridgehead atoms. The van der Waals surface area contributed by atoms with Gasteiger partial charge in [0.05, 0.1) is 0 Å². The highest BCUT2D eigenvalue weighted by Gasteiger charge is 2.18.